The van der Waals surface area contributed by atoms with Crippen molar-refractivity contribution in [1.29, 1.82) is 0 Å². The van der Waals surface area contributed by atoms with Gasteiger partial charge in [-0.15, -0.1) is 0 Å². The van der Waals surface area contributed by atoms with Gasteiger partial charge in [-0.05, 0) is 69.6 Å². The van der Waals surface area contributed by atoms with Crippen LogP contribution < -0.4 is 5.32 Å². The van der Waals surface area contributed by atoms with Crippen molar-refractivity contribution in [2.75, 3.05) is 40.4 Å². The lowest BCUT2D eigenvalue weighted by atomic mass is 9.85. The van der Waals surface area contributed by atoms with E-state index in [4.69, 9.17) is 21.3 Å². The van der Waals surface area contributed by atoms with Crippen molar-refractivity contribution >= 4 is 11.6 Å². The largest absolute Gasteiger partial charge is 0.506 e. The van der Waals surface area contributed by atoms with E-state index < -0.39 is 0 Å². The molecule has 1 unspecified atom stereocenters. The van der Waals surface area contributed by atoms with Crippen LogP contribution in [0, 0.1) is 5.92 Å². The molecule has 1 aromatic carbocycles. The van der Waals surface area contributed by atoms with Crippen molar-refractivity contribution in [2.45, 2.75) is 44.6 Å². The van der Waals surface area contributed by atoms with Crippen LogP contribution in [-0.4, -0.2) is 71.0 Å². The fraction of sp³-hybridized carbons (Fsp3) is 0.500. The zero-order valence-corrected chi connectivity index (χ0v) is 22.5. The number of hydrogen-bond donors (Lipinski definition) is 2. The number of aromatic nitrogens is 3. The highest BCUT2D eigenvalue weighted by atomic mass is 35.5. The summed E-state index contributed by atoms with van der Waals surface area (Å²) in [5.41, 5.74) is 2.35. The summed E-state index contributed by atoms with van der Waals surface area (Å²) in [6.07, 6.45) is 9.02. The molecule has 1 aliphatic heterocycles. The highest BCUT2D eigenvalue weighted by molar-refractivity contribution is 6.32. The number of likely N-dealkylation sites (N-methyl/N-ethyl adjacent to an activating group) is 1. The van der Waals surface area contributed by atoms with Gasteiger partial charge in [0.2, 0.25) is 0 Å². The quantitative estimate of drug-likeness (QED) is 0.403. The molecular weight excluding hydrogens is 474 g/mol. The first kappa shape index (κ1) is 26.6. The Balaban J connectivity index is 1.68. The number of halogens is 1. The number of hydrogen-bond acceptors (Lipinski definition) is 6. The molecule has 7 nitrogen and oxygen atoms in total. The molecule has 1 fully saturated rings. The molecule has 1 atom stereocenters. The molecule has 0 aliphatic carbocycles. The normalized spacial score (nSPS) is 15.9. The number of pyridine rings is 1. The number of rotatable bonds is 10. The Morgan fingerprint density at radius 2 is 1.94 bits per heavy atom. The van der Waals surface area contributed by atoms with Crippen LogP contribution in [0.3, 0.4) is 0 Å². The zero-order valence-electron chi connectivity index (χ0n) is 21.7. The maximum absolute atomic E-state index is 10.2. The Hall–Kier alpha value is -2.45. The first-order chi connectivity index (χ1) is 17.3. The molecule has 0 spiro atoms. The molecule has 3 aromatic rings. The lowest BCUT2D eigenvalue weighted by Crippen LogP contribution is -2.47. The summed E-state index contributed by atoms with van der Waals surface area (Å²) in [6, 6.07) is 9.69. The molecule has 1 aliphatic rings. The van der Waals surface area contributed by atoms with E-state index in [9.17, 15) is 5.11 Å². The highest BCUT2D eigenvalue weighted by Gasteiger charge is 2.34. The Kier molecular flexibility index (Phi) is 8.67. The number of phenols is 1. The van der Waals surface area contributed by atoms with E-state index in [1.54, 1.807) is 31.6 Å². The molecule has 4 rings (SSSR count). The number of methoxy groups -OCH3 is 1. The number of benzene rings is 1. The van der Waals surface area contributed by atoms with Gasteiger partial charge in [-0.2, -0.15) is 0 Å². The van der Waals surface area contributed by atoms with Gasteiger partial charge < -0.3 is 24.6 Å². The average molecular weight is 512 g/mol. The Labute approximate surface area is 219 Å². The summed E-state index contributed by atoms with van der Waals surface area (Å²) >= 11 is 6.06. The maximum atomic E-state index is 10.2. The van der Waals surface area contributed by atoms with Crippen LogP contribution in [0.5, 0.6) is 5.75 Å². The van der Waals surface area contributed by atoms with Gasteiger partial charge in [0.05, 0.1) is 10.7 Å². The van der Waals surface area contributed by atoms with Gasteiger partial charge >= 0.3 is 0 Å². The monoisotopic (exact) mass is 511 g/mol. The summed E-state index contributed by atoms with van der Waals surface area (Å²) in [5.74, 6) is 1.66. The molecule has 3 heterocycles. The fourth-order valence-corrected chi connectivity index (χ4v) is 5.58. The molecule has 8 heteroatoms. The van der Waals surface area contributed by atoms with Gasteiger partial charge in [0, 0.05) is 61.6 Å². The molecule has 0 radical (unpaired) electrons. The molecule has 36 heavy (non-hydrogen) atoms. The average Bonchev–Trinajstić information content (AvgIpc) is 3.34. The van der Waals surface area contributed by atoms with E-state index in [2.05, 4.69) is 40.7 Å². The number of ether oxygens (including phenoxy) is 1. The van der Waals surface area contributed by atoms with Crippen LogP contribution in [0.4, 0.5) is 0 Å². The van der Waals surface area contributed by atoms with Crippen LogP contribution in [0.25, 0.3) is 16.9 Å². The lowest BCUT2D eigenvalue weighted by molar-refractivity contribution is 0.0862. The second-order valence-corrected chi connectivity index (χ2v) is 10.8. The second kappa shape index (κ2) is 11.7. The van der Waals surface area contributed by atoms with Crippen LogP contribution in [0.2, 0.25) is 5.02 Å². The van der Waals surface area contributed by atoms with Crippen LogP contribution in [-0.2, 0) is 10.2 Å². The third-order valence-corrected chi connectivity index (χ3v) is 7.57. The Bertz CT molecular complexity index is 1130. The molecule has 1 saturated heterocycles. The summed E-state index contributed by atoms with van der Waals surface area (Å²) < 4.78 is 7.62. The molecule has 0 saturated carbocycles. The Morgan fingerprint density at radius 3 is 2.61 bits per heavy atom. The van der Waals surface area contributed by atoms with Crippen molar-refractivity contribution in [2.24, 2.45) is 5.92 Å². The third-order valence-electron chi connectivity index (χ3n) is 7.25. The predicted octanol–water partition coefficient (Wildman–Crippen LogP) is 4.91. The zero-order chi connectivity index (χ0) is 25.7. The number of piperidine rings is 1. The SMILES string of the molecule is COCCC(C1CCNCC1)N(C)CC(C)(C)c1nc(-c2ccc(Cl)c(O)c2)cn1-c1ccncc1. The van der Waals surface area contributed by atoms with Gasteiger partial charge in [0.15, 0.2) is 0 Å². The van der Waals surface area contributed by atoms with Crippen molar-refractivity contribution in [3.8, 4) is 22.7 Å². The van der Waals surface area contributed by atoms with Crippen LogP contribution >= 0.6 is 11.6 Å². The smallest absolute Gasteiger partial charge is 0.134 e. The minimum Gasteiger partial charge on any atom is -0.506 e. The van der Waals surface area contributed by atoms with E-state index in [1.807, 2.05) is 24.4 Å². The number of phenolic OH excluding ortho intramolecular Hbond substituents is 1. The van der Waals surface area contributed by atoms with E-state index >= 15 is 0 Å². The molecule has 2 N–H and O–H groups in total. The van der Waals surface area contributed by atoms with E-state index in [1.165, 1.54) is 12.8 Å². The van der Waals surface area contributed by atoms with Gasteiger partial charge in [-0.25, -0.2) is 4.98 Å². The standard InChI is InChI=1S/C28H38ClN5O2/c1-28(2,19-33(3)25(11-16-36-4)20-7-12-30-13-8-20)27-32-24(21-5-6-23(29)26(35)17-21)18-34(27)22-9-14-31-15-10-22/h5-6,9-10,14-15,17-18,20,25,30,35H,7-8,11-13,16,19H2,1-4H3. The summed E-state index contributed by atoms with van der Waals surface area (Å²) in [7, 11) is 4.02. The molecule has 0 amide bonds. The first-order valence-electron chi connectivity index (χ1n) is 12.7. The summed E-state index contributed by atoms with van der Waals surface area (Å²) in [6.45, 7) is 8.27. The second-order valence-electron chi connectivity index (χ2n) is 10.4. The lowest BCUT2D eigenvalue weighted by Gasteiger charge is -2.40. The van der Waals surface area contributed by atoms with Crippen molar-refractivity contribution in [1.82, 2.24) is 24.8 Å². The van der Waals surface area contributed by atoms with Gasteiger partial charge in [0.1, 0.15) is 11.6 Å². The van der Waals surface area contributed by atoms with Gasteiger partial charge in [0.25, 0.3) is 0 Å². The van der Waals surface area contributed by atoms with Gasteiger partial charge in [-0.1, -0.05) is 31.5 Å². The van der Waals surface area contributed by atoms with Crippen LogP contribution in [0.15, 0.2) is 48.9 Å². The van der Waals surface area contributed by atoms with Crippen LogP contribution in [0.1, 0.15) is 38.9 Å². The van der Waals surface area contributed by atoms with Gasteiger partial charge in [-0.3, -0.25) is 4.98 Å². The minimum atomic E-state index is -0.261. The molecular formula is C28H38ClN5O2. The fourth-order valence-electron chi connectivity index (χ4n) is 5.47. The van der Waals surface area contributed by atoms with Crippen molar-refractivity contribution < 1.29 is 9.84 Å². The summed E-state index contributed by atoms with van der Waals surface area (Å²) in [5, 5.41) is 14.0. The summed E-state index contributed by atoms with van der Waals surface area (Å²) in [4.78, 5) is 11.8. The number of nitrogens with one attached hydrogen (secondary N) is 1. The van der Waals surface area contributed by atoms with E-state index in [-0.39, 0.29) is 11.2 Å². The number of nitrogens with zero attached hydrogens (tertiary/aromatic N) is 4. The Morgan fingerprint density at radius 1 is 1.22 bits per heavy atom. The molecule has 194 valence electrons. The first-order valence-corrected chi connectivity index (χ1v) is 13.1. The molecule has 2 aromatic heterocycles. The maximum Gasteiger partial charge on any atom is 0.134 e. The highest BCUT2D eigenvalue weighted by Crippen LogP contribution is 2.34. The minimum absolute atomic E-state index is 0.0520. The molecule has 0 bridgehead atoms. The third kappa shape index (κ3) is 6.09. The van der Waals surface area contributed by atoms with Crippen molar-refractivity contribution in [3.63, 3.8) is 0 Å². The van der Waals surface area contributed by atoms with E-state index in [0.717, 1.165) is 55.4 Å². The van der Waals surface area contributed by atoms with Crippen molar-refractivity contribution in [3.05, 3.63) is 59.8 Å². The topological polar surface area (TPSA) is 75.4 Å². The predicted molar refractivity (Wildman–Crippen MR) is 145 cm³/mol. The number of aromatic hydroxyl groups is 1. The van der Waals surface area contributed by atoms with E-state index in [0.29, 0.717) is 17.0 Å². The number of imidazole rings is 1.